The van der Waals surface area contributed by atoms with E-state index in [-0.39, 0.29) is 11.5 Å². The summed E-state index contributed by atoms with van der Waals surface area (Å²) >= 11 is 0. The van der Waals surface area contributed by atoms with Crippen molar-refractivity contribution >= 4 is 11.4 Å². The van der Waals surface area contributed by atoms with Crippen LogP contribution in [0.15, 0.2) is 18.3 Å². The third kappa shape index (κ3) is 1.13. The molecule has 0 fully saturated rings. The number of hydrogen-bond donors (Lipinski definition) is 0. The van der Waals surface area contributed by atoms with Crippen molar-refractivity contribution in [3.8, 4) is 6.07 Å². The Bertz CT molecular complexity index is 549. The highest BCUT2D eigenvalue weighted by molar-refractivity contribution is 5.92. The average Bonchev–Trinajstić information content (AvgIpc) is 2.59. The molecule has 68 valence electrons. The molecule has 0 aromatic carbocycles. The van der Waals surface area contributed by atoms with Crippen LogP contribution < -0.4 is 0 Å². The van der Waals surface area contributed by atoms with Gasteiger partial charge in [-0.15, -0.1) is 0 Å². The van der Waals surface area contributed by atoms with Gasteiger partial charge in [0.2, 0.25) is 0 Å². The Morgan fingerprint density at radius 2 is 2.36 bits per heavy atom. The Balaban J connectivity index is 2.77. The van der Waals surface area contributed by atoms with Gasteiger partial charge in [0.15, 0.2) is 17.1 Å². The highest BCUT2D eigenvalue weighted by Gasteiger charge is 2.08. The molecule has 0 saturated carbocycles. The molecule has 5 nitrogen and oxygen atoms in total. The molecule has 5 heteroatoms. The molecule has 0 spiro atoms. The summed E-state index contributed by atoms with van der Waals surface area (Å²) in [6, 6.07) is 5.12. The summed E-state index contributed by atoms with van der Waals surface area (Å²) in [6.07, 6.45) is 1.45. The number of ketones is 1. The highest BCUT2D eigenvalue weighted by atomic mass is 16.1. The second-order valence-electron chi connectivity index (χ2n) is 2.80. The number of fused-ring (bicyclic) bond motifs is 1. The van der Waals surface area contributed by atoms with Crippen molar-refractivity contribution in [2.75, 3.05) is 0 Å². The summed E-state index contributed by atoms with van der Waals surface area (Å²) in [5.74, 6) is -0.125. The number of imidazole rings is 1. The SMILES string of the molecule is CC(=O)c1cnc2ccc(C#N)nn12. The van der Waals surface area contributed by atoms with E-state index < -0.39 is 0 Å². The van der Waals surface area contributed by atoms with E-state index in [0.29, 0.717) is 11.3 Å². The van der Waals surface area contributed by atoms with E-state index in [1.165, 1.54) is 17.6 Å². The van der Waals surface area contributed by atoms with Gasteiger partial charge in [0.1, 0.15) is 11.8 Å². The zero-order valence-electron chi connectivity index (χ0n) is 7.43. The van der Waals surface area contributed by atoms with Crippen molar-refractivity contribution in [2.24, 2.45) is 0 Å². The summed E-state index contributed by atoms with van der Waals surface area (Å²) < 4.78 is 1.38. The maximum absolute atomic E-state index is 11.1. The third-order valence-electron chi connectivity index (χ3n) is 1.84. The van der Waals surface area contributed by atoms with Crippen LogP contribution in [0.1, 0.15) is 23.1 Å². The molecule has 2 heterocycles. The first-order valence-electron chi connectivity index (χ1n) is 3.98. The summed E-state index contributed by atoms with van der Waals surface area (Å²) in [6.45, 7) is 1.43. The van der Waals surface area contributed by atoms with Crippen molar-refractivity contribution in [2.45, 2.75) is 6.92 Å². The molecule has 2 aromatic rings. The van der Waals surface area contributed by atoms with Gasteiger partial charge in [-0.2, -0.15) is 10.4 Å². The fraction of sp³-hybridized carbons (Fsp3) is 0.111. The number of rotatable bonds is 1. The first kappa shape index (κ1) is 8.38. The van der Waals surface area contributed by atoms with Crippen molar-refractivity contribution in [1.29, 1.82) is 5.26 Å². The van der Waals surface area contributed by atoms with Gasteiger partial charge in [-0.25, -0.2) is 9.50 Å². The molecular formula is C9H6N4O. The van der Waals surface area contributed by atoms with Crippen LogP contribution in [0.4, 0.5) is 0 Å². The number of Topliss-reactive ketones (excluding diaryl/α,β-unsaturated/α-hetero) is 1. The van der Waals surface area contributed by atoms with E-state index in [0.717, 1.165) is 0 Å². The Morgan fingerprint density at radius 3 is 3.00 bits per heavy atom. The average molecular weight is 186 g/mol. The molecule has 2 rings (SSSR count). The molecule has 0 aliphatic carbocycles. The highest BCUT2D eigenvalue weighted by Crippen LogP contribution is 2.05. The van der Waals surface area contributed by atoms with Gasteiger partial charge < -0.3 is 0 Å². The van der Waals surface area contributed by atoms with Crippen LogP contribution in [-0.4, -0.2) is 20.4 Å². The van der Waals surface area contributed by atoms with Crippen LogP contribution in [0, 0.1) is 11.3 Å². The molecule has 2 aromatic heterocycles. The summed E-state index contributed by atoms with van der Waals surface area (Å²) in [7, 11) is 0. The zero-order valence-corrected chi connectivity index (χ0v) is 7.43. The van der Waals surface area contributed by atoms with Gasteiger partial charge in [-0.1, -0.05) is 0 Å². The Hall–Kier alpha value is -2.22. The summed E-state index contributed by atoms with van der Waals surface area (Å²) in [5.41, 5.74) is 1.21. The predicted octanol–water partition coefficient (Wildman–Crippen LogP) is 0.804. The smallest absolute Gasteiger partial charge is 0.179 e. The van der Waals surface area contributed by atoms with Crippen LogP contribution in [0.25, 0.3) is 5.65 Å². The van der Waals surface area contributed by atoms with E-state index in [9.17, 15) is 4.79 Å². The number of hydrogen-bond acceptors (Lipinski definition) is 4. The molecule has 0 N–H and O–H groups in total. The van der Waals surface area contributed by atoms with Crippen LogP contribution >= 0.6 is 0 Å². The number of aromatic nitrogens is 3. The second kappa shape index (κ2) is 2.92. The molecule has 0 radical (unpaired) electrons. The van der Waals surface area contributed by atoms with Gasteiger partial charge in [0.05, 0.1) is 6.20 Å². The lowest BCUT2D eigenvalue weighted by Crippen LogP contribution is -2.03. The minimum atomic E-state index is -0.125. The zero-order chi connectivity index (χ0) is 10.1. The first-order chi connectivity index (χ1) is 6.72. The molecule has 0 aliphatic heterocycles. The Kier molecular flexibility index (Phi) is 1.75. The Labute approximate surface area is 79.6 Å². The van der Waals surface area contributed by atoms with E-state index in [1.54, 1.807) is 12.1 Å². The molecule has 0 unspecified atom stereocenters. The van der Waals surface area contributed by atoms with Gasteiger partial charge in [-0.3, -0.25) is 4.79 Å². The van der Waals surface area contributed by atoms with Crippen LogP contribution in [-0.2, 0) is 0 Å². The standard InChI is InChI=1S/C9H6N4O/c1-6(14)8-5-11-9-3-2-7(4-10)12-13(8)9/h2-3,5H,1H3. The van der Waals surface area contributed by atoms with E-state index in [1.807, 2.05) is 6.07 Å². The fourth-order valence-electron chi connectivity index (χ4n) is 1.17. The number of carbonyl (C=O) groups is 1. The minimum Gasteiger partial charge on any atom is -0.293 e. The molecule has 0 saturated heterocycles. The number of nitrogens with zero attached hydrogens (tertiary/aromatic N) is 4. The lowest BCUT2D eigenvalue weighted by Gasteiger charge is -1.95. The number of nitriles is 1. The maximum Gasteiger partial charge on any atom is 0.179 e. The molecule has 14 heavy (non-hydrogen) atoms. The topological polar surface area (TPSA) is 71.0 Å². The fourth-order valence-corrected chi connectivity index (χ4v) is 1.17. The summed E-state index contributed by atoms with van der Waals surface area (Å²) in [4.78, 5) is 15.1. The maximum atomic E-state index is 11.1. The van der Waals surface area contributed by atoms with Crippen molar-refractivity contribution in [3.05, 3.63) is 29.7 Å². The molecule has 0 bridgehead atoms. The second-order valence-corrected chi connectivity index (χ2v) is 2.80. The van der Waals surface area contributed by atoms with Gasteiger partial charge in [0.25, 0.3) is 0 Å². The largest absolute Gasteiger partial charge is 0.293 e. The van der Waals surface area contributed by atoms with E-state index in [4.69, 9.17) is 5.26 Å². The molecule has 0 aliphatic rings. The quantitative estimate of drug-likeness (QED) is 0.617. The third-order valence-corrected chi connectivity index (χ3v) is 1.84. The lowest BCUT2D eigenvalue weighted by molar-refractivity contribution is 0.101. The van der Waals surface area contributed by atoms with Gasteiger partial charge >= 0.3 is 0 Å². The van der Waals surface area contributed by atoms with Crippen LogP contribution in [0.3, 0.4) is 0 Å². The first-order valence-corrected chi connectivity index (χ1v) is 3.98. The molecule has 0 amide bonds. The molecule has 0 atom stereocenters. The van der Waals surface area contributed by atoms with Crippen LogP contribution in [0.2, 0.25) is 0 Å². The normalized spacial score (nSPS) is 10.0. The van der Waals surface area contributed by atoms with E-state index in [2.05, 4.69) is 10.1 Å². The predicted molar refractivity (Wildman–Crippen MR) is 47.7 cm³/mol. The van der Waals surface area contributed by atoms with Gasteiger partial charge in [-0.05, 0) is 12.1 Å². The van der Waals surface area contributed by atoms with Crippen LogP contribution in [0.5, 0.6) is 0 Å². The number of carbonyl (C=O) groups excluding carboxylic acids is 1. The van der Waals surface area contributed by atoms with Crippen molar-refractivity contribution < 1.29 is 4.79 Å². The monoisotopic (exact) mass is 186 g/mol. The Morgan fingerprint density at radius 1 is 1.57 bits per heavy atom. The summed E-state index contributed by atoms with van der Waals surface area (Å²) in [5, 5.41) is 12.6. The lowest BCUT2D eigenvalue weighted by atomic mass is 10.3. The van der Waals surface area contributed by atoms with E-state index >= 15 is 0 Å². The van der Waals surface area contributed by atoms with Gasteiger partial charge in [0, 0.05) is 6.92 Å². The van der Waals surface area contributed by atoms with Crippen molar-refractivity contribution in [1.82, 2.24) is 14.6 Å². The molecular weight excluding hydrogens is 180 g/mol. The van der Waals surface area contributed by atoms with Crippen molar-refractivity contribution in [3.63, 3.8) is 0 Å². The minimum absolute atomic E-state index is 0.125.